The zero-order valence-electron chi connectivity index (χ0n) is 9.27. The number of halogens is 1. The van der Waals surface area contributed by atoms with Gasteiger partial charge in [0.15, 0.2) is 5.03 Å². The quantitative estimate of drug-likeness (QED) is 0.343. The van der Waals surface area contributed by atoms with E-state index >= 15 is 0 Å². The minimum atomic E-state index is -0.370. The molecular weight excluding hydrogens is 250 g/mol. The van der Waals surface area contributed by atoms with Crippen molar-refractivity contribution in [3.63, 3.8) is 0 Å². The Kier molecular flexibility index (Phi) is 5.08. The molecule has 0 N–H and O–H groups in total. The second-order valence-electron chi connectivity index (χ2n) is 3.26. The van der Waals surface area contributed by atoms with Gasteiger partial charge in [0.1, 0.15) is 5.69 Å². The van der Waals surface area contributed by atoms with Gasteiger partial charge in [0, 0.05) is 18.2 Å². The van der Waals surface area contributed by atoms with Gasteiger partial charge in [-0.2, -0.15) is 5.10 Å². The molecule has 0 radical (unpaired) electrons. The number of hydrogen-bond acceptors (Lipinski definition) is 4. The highest BCUT2D eigenvalue weighted by molar-refractivity contribution is 7.99. The van der Waals surface area contributed by atoms with Gasteiger partial charge in [-0.15, -0.1) is 11.6 Å². The SMILES string of the molecule is CCCn1nc(C)c([N+](=O)[O-])c1SCCCl. The summed E-state index contributed by atoms with van der Waals surface area (Å²) in [4.78, 5) is 10.6. The van der Waals surface area contributed by atoms with Crippen molar-refractivity contribution in [1.29, 1.82) is 0 Å². The summed E-state index contributed by atoms with van der Waals surface area (Å²) in [5.41, 5.74) is 0.582. The van der Waals surface area contributed by atoms with Crippen LogP contribution in [0, 0.1) is 17.0 Å². The molecule has 0 spiro atoms. The molecule has 0 saturated carbocycles. The summed E-state index contributed by atoms with van der Waals surface area (Å²) in [5.74, 6) is 1.12. The van der Waals surface area contributed by atoms with Crippen LogP contribution in [0.2, 0.25) is 0 Å². The molecule has 0 fully saturated rings. The third kappa shape index (κ3) is 2.89. The summed E-state index contributed by atoms with van der Waals surface area (Å²) in [7, 11) is 0. The van der Waals surface area contributed by atoms with Crippen LogP contribution in [0.5, 0.6) is 0 Å². The fourth-order valence-electron chi connectivity index (χ4n) is 1.40. The number of hydrogen-bond donors (Lipinski definition) is 0. The maximum Gasteiger partial charge on any atom is 0.323 e. The maximum atomic E-state index is 10.9. The first-order valence-corrected chi connectivity index (χ1v) is 6.54. The Hall–Kier alpha value is -0.750. The minimum absolute atomic E-state index is 0.114. The molecule has 0 saturated heterocycles. The molecule has 7 heteroatoms. The van der Waals surface area contributed by atoms with Crippen LogP contribution in [0.4, 0.5) is 5.69 Å². The van der Waals surface area contributed by atoms with E-state index < -0.39 is 0 Å². The summed E-state index contributed by atoms with van der Waals surface area (Å²) in [6, 6.07) is 0. The van der Waals surface area contributed by atoms with Gasteiger partial charge in [-0.25, -0.2) is 0 Å². The molecule has 1 aromatic rings. The van der Waals surface area contributed by atoms with Crippen LogP contribution in [0.15, 0.2) is 5.03 Å². The van der Waals surface area contributed by atoms with Crippen LogP contribution in [0.3, 0.4) is 0 Å². The third-order valence-corrected chi connectivity index (χ3v) is 3.48. The van der Waals surface area contributed by atoms with Gasteiger partial charge in [-0.3, -0.25) is 14.8 Å². The summed E-state index contributed by atoms with van der Waals surface area (Å²) in [6.07, 6.45) is 0.896. The van der Waals surface area contributed by atoms with E-state index in [1.165, 1.54) is 11.8 Å². The van der Waals surface area contributed by atoms with Crippen LogP contribution < -0.4 is 0 Å². The third-order valence-electron chi connectivity index (χ3n) is 1.98. The van der Waals surface area contributed by atoms with Gasteiger partial charge in [0.25, 0.3) is 0 Å². The average Bonchev–Trinajstić information content (AvgIpc) is 2.52. The molecule has 1 aromatic heterocycles. The van der Waals surface area contributed by atoms with Crippen molar-refractivity contribution in [1.82, 2.24) is 9.78 Å². The number of nitrogens with zero attached hydrogens (tertiary/aromatic N) is 3. The number of nitro groups is 1. The molecule has 1 heterocycles. The van der Waals surface area contributed by atoms with E-state index in [0.717, 1.165) is 6.42 Å². The lowest BCUT2D eigenvalue weighted by molar-refractivity contribution is -0.388. The lowest BCUT2D eigenvalue weighted by Gasteiger charge is -2.03. The second kappa shape index (κ2) is 6.10. The molecule has 0 bridgehead atoms. The van der Waals surface area contributed by atoms with E-state index in [4.69, 9.17) is 11.6 Å². The molecule has 0 aromatic carbocycles. The van der Waals surface area contributed by atoms with E-state index in [2.05, 4.69) is 5.10 Å². The van der Waals surface area contributed by atoms with Crippen LogP contribution >= 0.6 is 23.4 Å². The monoisotopic (exact) mass is 263 g/mol. The molecule has 0 aliphatic rings. The fraction of sp³-hybridized carbons (Fsp3) is 0.667. The first-order chi connectivity index (χ1) is 7.61. The van der Waals surface area contributed by atoms with Crippen molar-refractivity contribution in [3.05, 3.63) is 15.8 Å². The molecular formula is C9H14ClN3O2S. The van der Waals surface area contributed by atoms with Crippen LogP contribution in [0.25, 0.3) is 0 Å². The highest BCUT2D eigenvalue weighted by Crippen LogP contribution is 2.32. The molecule has 5 nitrogen and oxygen atoms in total. The smallest absolute Gasteiger partial charge is 0.258 e. The van der Waals surface area contributed by atoms with Crippen molar-refractivity contribution in [2.75, 3.05) is 11.6 Å². The minimum Gasteiger partial charge on any atom is -0.258 e. The van der Waals surface area contributed by atoms with Crippen LogP contribution in [0.1, 0.15) is 19.0 Å². The fourth-order valence-corrected chi connectivity index (χ4v) is 2.54. The Labute approximate surface area is 103 Å². The summed E-state index contributed by atoms with van der Waals surface area (Å²) < 4.78 is 1.70. The standard InChI is InChI=1S/C9H14ClN3O2S/c1-3-5-12-9(16-6-4-10)8(13(14)15)7(2)11-12/h3-6H2,1-2H3. The number of aromatic nitrogens is 2. The normalized spacial score (nSPS) is 10.7. The molecule has 0 aliphatic carbocycles. The van der Waals surface area contributed by atoms with Gasteiger partial charge in [-0.05, 0) is 13.3 Å². The first-order valence-electron chi connectivity index (χ1n) is 5.02. The molecule has 16 heavy (non-hydrogen) atoms. The largest absolute Gasteiger partial charge is 0.323 e. The van der Waals surface area contributed by atoms with Gasteiger partial charge in [-0.1, -0.05) is 18.7 Å². The van der Waals surface area contributed by atoms with Crippen LogP contribution in [-0.4, -0.2) is 26.3 Å². The van der Waals surface area contributed by atoms with Gasteiger partial charge in [0.05, 0.1) is 4.92 Å². The first kappa shape index (κ1) is 13.3. The van der Waals surface area contributed by atoms with Gasteiger partial charge < -0.3 is 0 Å². The lowest BCUT2D eigenvalue weighted by atomic mass is 10.4. The Morgan fingerprint density at radius 2 is 2.31 bits per heavy atom. The van der Waals surface area contributed by atoms with E-state index in [9.17, 15) is 10.1 Å². The zero-order chi connectivity index (χ0) is 12.1. The van der Waals surface area contributed by atoms with Crippen molar-refractivity contribution in [2.45, 2.75) is 31.8 Å². The zero-order valence-corrected chi connectivity index (χ0v) is 10.8. The maximum absolute atomic E-state index is 10.9. The lowest BCUT2D eigenvalue weighted by Crippen LogP contribution is -2.02. The predicted octanol–water partition coefficient (Wildman–Crippen LogP) is 2.84. The van der Waals surface area contributed by atoms with Crippen molar-refractivity contribution < 1.29 is 4.92 Å². The van der Waals surface area contributed by atoms with Gasteiger partial charge in [0.2, 0.25) is 0 Å². The number of thioether (sulfide) groups is 1. The molecule has 1 rings (SSSR count). The molecule has 0 amide bonds. The number of aryl methyl sites for hydroxylation is 2. The highest BCUT2D eigenvalue weighted by Gasteiger charge is 2.24. The topological polar surface area (TPSA) is 61.0 Å². The molecule has 0 aliphatic heterocycles. The van der Waals surface area contributed by atoms with Gasteiger partial charge >= 0.3 is 5.69 Å². The molecule has 0 atom stereocenters. The predicted molar refractivity (Wildman–Crippen MR) is 65.4 cm³/mol. The van der Waals surface area contributed by atoms with Crippen molar-refractivity contribution in [3.8, 4) is 0 Å². The van der Waals surface area contributed by atoms with E-state index in [0.29, 0.717) is 28.9 Å². The Morgan fingerprint density at radius 3 is 2.81 bits per heavy atom. The van der Waals surface area contributed by atoms with Crippen molar-refractivity contribution >= 4 is 29.1 Å². The van der Waals surface area contributed by atoms with E-state index in [1.807, 2.05) is 6.92 Å². The number of rotatable bonds is 6. The summed E-state index contributed by atoms with van der Waals surface area (Å²) in [5, 5.41) is 15.7. The Balaban J connectivity index is 3.09. The van der Waals surface area contributed by atoms with Crippen LogP contribution in [-0.2, 0) is 6.54 Å². The Morgan fingerprint density at radius 1 is 1.62 bits per heavy atom. The summed E-state index contributed by atoms with van der Waals surface area (Å²) in [6.45, 7) is 4.37. The summed E-state index contributed by atoms with van der Waals surface area (Å²) >= 11 is 6.99. The Bertz CT molecular complexity index is 381. The highest BCUT2D eigenvalue weighted by atomic mass is 35.5. The van der Waals surface area contributed by atoms with E-state index in [-0.39, 0.29) is 10.6 Å². The molecule has 0 unspecified atom stereocenters. The van der Waals surface area contributed by atoms with E-state index in [1.54, 1.807) is 11.6 Å². The second-order valence-corrected chi connectivity index (χ2v) is 4.72. The number of alkyl halides is 1. The average molecular weight is 264 g/mol. The van der Waals surface area contributed by atoms with Crippen molar-refractivity contribution in [2.24, 2.45) is 0 Å². The molecule has 90 valence electrons.